The molecule has 0 aliphatic carbocycles. The van der Waals surface area contributed by atoms with E-state index in [2.05, 4.69) is 25.3 Å². The average molecular weight is 478 g/mol. The number of carbonyl (C=O) groups excluding carboxylic acids is 3. The number of thiol groups is 2. The lowest BCUT2D eigenvalue weighted by Gasteiger charge is -2.13. The minimum Gasteiger partial charge on any atom is -0.693 e. The molecule has 0 heterocycles. The van der Waals surface area contributed by atoms with E-state index in [1.54, 1.807) is 11.0 Å². The van der Waals surface area contributed by atoms with Crippen LogP contribution in [0.3, 0.4) is 0 Å². The molecule has 0 bridgehead atoms. The summed E-state index contributed by atoms with van der Waals surface area (Å²) in [4.78, 5) is 33.6. The van der Waals surface area contributed by atoms with Gasteiger partial charge in [0.05, 0.1) is 31.1 Å². The molecule has 0 saturated carbocycles. The molecular formula is C14H37N8O6S2-3. The van der Waals surface area contributed by atoms with E-state index in [0.29, 0.717) is 13.0 Å². The van der Waals surface area contributed by atoms with Crippen molar-refractivity contribution in [1.29, 1.82) is 0 Å². The molecule has 0 aromatic carbocycles. The number of Topliss-reactive ketones (excluding diaryl/α,β-unsaturated/α-hetero) is 3. The maximum Gasteiger partial charge on any atom is 0.165 e. The van der Waals surface area contributed by atoms with Gasteiger partial charge in [-0.2, -0.15) is 41.7 Å². The summed E-state index contributed by atoms with van der Waals surface area (Å²) < 4.78 is 0. The van der Waals surface area contributed by atoms with Gasteiger partial charge in [0.15, 0.2) is 17.3 Å². The van der Waals surface area contributed by atoms with Crippen LogP contribution in [0.5, 0.6) is 0 Å². The molecule has 0 saturated heterocycles. The molecule has 0 unspecified atom stereocenters. The van der Waals surface area contributed by atoms with E-state index >= 15 is 0 Å². The number of hydrogen-bond donors (Lipinski definition) is 10. The van der Waals surface area contributed by atoms with Gasteiger partial charge in [-0.25, -0.2) is 0 Å². The van der Waals surface area contributed by atoms with Crippen molar-refractivity contribution < 1.29 is 30.0 Å². The third-order valence-electron chi connectivity index (χ3n) is 3.50. The molecule has 0 aromatic rings. The smallest absolute Gasteiger partial charge is 0.165 e. The fraction of sp³-hybridized carbons (Fsp3) is 0.786. The summed E-state index contributed by atoms with van der Waals surface area (Å²) in [5.41, 5.74) is 15.8. The summed E-state index contributed by atoms with van der Waals surface area (Å²) in [5, 5.41) is 25.7. The summed E-state index contributed by atoms with van der Waals surface area (Å²) in [6.45, 7) is 0.565. The van der Waals surface area contributed by atoms with Crippen LogP contribution in [0.15, 0.2) is 0 Å². The number of carbonyl (C=O) groups is 3. The van der Waals surface area contributed by atoms with Crippen molar-refractivity contribution in [3.8, 4) is 0 Å². The van der Waals surface area contributed by atoms with Crippen LogP contribution in [0.2, 0.25) is 0 Å². The molecule has 0 aliphatic rings. The van der Waals surface area contributed by atoms with Crippen LogP contribution >= 0.6 is 25.3 Å². The highest BCUT2D eigenvalue weighted by Gasteiger charge is 2.23. The van der Waals surface area contributed by atoms with Gasteiger partial charge in [0.25, 0.3) is 0 Å². The van der Waals surface area contributed by atoms with Gasteiger partial charge >= 0.3 is 0 Å². The van der Waals surface area contributed by atoms with Gasteiger partial charge in [0.2, 0.25) is 0 Å². The lowest BCUT2D eigenvalue weighted by Crippen LogP contribution is -2.42. The van der Waals surface area contributed by atoms with Crippen LogP contribution in [-0.2, 0) is 14.4 Å². The molecule has 16 heteroatoms. The summed E-state index contributed by atoms with van der Waals surface area (Å²) in [7, 11) is 0. The molecule has 184 valence electrons. The summed E-state index contributed by atoms with van der Waals surface area (Å²) in [6, 6.07) is -2.28. The van der Waals surface area contributed by atoms with E-state index in [0.717, 1.165) is 12.8 Å². The van der Waals surface area contributed by atoms with Crippen molar-refractivity contribution in [2.75, 3.05) is 24.6 Å². The molecular weight excluding hydrogens is 440 g/mol. The number of ketones is 3. The van der Waals surface area contributed by atoms with Crippen LogP contribution in [0, 0.1) is 0 Å². The first-order valence-electron chi connectivity index (χ1n) is 8.25. The van der Waals surface area contributed by atoms with Crippen LogP contribution in [0.1, 0.15) is 25.7 Å². The number of unbranched alkanes of at least 4 members (excludes halogenated alkanes) is 1. The summed E-state index contributed by atoms with van der Waals surface area (Å²) in [5.74, 6) is -0.977. The minimum atomic E-state index is -0.878. The first-order valence-corrected chi connectivity index (χ1v) is 9.51. The standard InChI is InChI=1S/C7H17N3O2.C7H14N2O4S2.3H2N/c8-4-2-1-3-6(10-12)7(11)5-9;10-6(4(2-14)8-12)1-7(11)5(3-15)9-13;;;/h6,10,12H,1-5,8-9H2;4-5,8-9,12-15H,1-3H2;3*1H2/q;;3*-1/t6-;4-,5-;;;/m00.../s1. The van der Waals surface area contributed by atoms with Crippen molar-refractivity contribution in [1.82, 2.24) is 16.4 Å². The predicted octanol–water partition coefficient (Wildman–Crippen LogP) is 0.211. The fourth-order valence-electron chi connectivity index (χ4n) is 1.78. The molecule has 0 aromatic heterocycles. The Morgan fingerprint density at radius 1 is 0.733 bits per heavy atom. The Kier molecular flexibility index (Phi) is 34.8. The third kappa shape index (κ3) is 18.1. The predicted molar refractivity (Wildman–Crippen MR) is 121 cm³/mol. The normalized spacial score (nSPS) is 12.5. The van der Waals surface area contributed by atoms with Gasteiger partial charge in [-0.15, -0.1) is 0 Å². The molecule has 0 rings (SSSR count). The third-order valence-corrected chi connectivity index (χ3v) is 4.23. The van der Waals surface area contributed by atoms with Crippen molar-refractivity contribution in [3.05, 3.63) is 18.5 Å². The van der Waals surface area contributed by atoms with Crippen LogP contribution < -0.4 is 27.9 Å². The summed E-state index contributed by atoms with van der Waals surface area (Å²) in [6.07, 6.45) is 1.87. The van der Waals surface area contributed by atoms with Crippen molar-refractivity contribution >= 4 is 42.6 Å². The zero-order chi connectivity index (χ0) is 21.2. The Bertz CT molecular complexity index is 409. The second-order valence-electron chi connectivity index (χ2n) is 5.47. The molecule has 30 heavy (non-hydrogen) atoms. The lowest BCUT2D eigenvalue weighted by atomic mass is 10.1. The van der Waals surface area contributed by atoms with Gasteiger partial charge in [-0.1, -0.05) is 6.42 Å². The molecule has 16 N–H and O–H groups in total. The van der Waals surface area contributed by atoms with E-state index in [1.807, 2.05) is 5.48 Å². The van der Waals surface area contributed by atoms with Gasteiger partial charge in [0, 0.05) is 11.5 Å². The molecule has 3 atom stereocenters. The number of rotatable bonds is 15. The molecule has 0 fully saturated rings. The first-order chi connectivity index (χ1) is 12.9. The quantitative estimate of drug-likeness (QED) is 0.0657. The topological polar surface area (TPSA) is 301 Å². The Balaban J connectivity index is -0.000000129. The number of nitrogens with two attached hydrogens (primary N) is 5. The Labute approximate surface area is 187 Å². The SMILES string of the molecule is NCCCC[C@H](NO)C(=O)CN.O=C(CC(=O)[C@H](CS)NO)[C@H](CS)NO.[NH2-].[NH2-].[NH2-]. The Morgan fingerprint density at radius 2 is 1.13 bits per heavy atom. The van der Waals surface area contributed by atoms with Crippen LogP contribution in [0.25, 0.3) is 18.5 Å². The largest absolute Gasteiger partial charge is 0.693 e. The van der Waals surface area contributed by atoms with Gasteiger partial charge < -0.3 is 45.5 Å². The van der Waals surface area contributed by atoms with Crippen molar-refractivity contribution in [2.45, 2.75) is 43.8 Å². The molecule has 0 aliphatic heterocycles. The van der Waals surface area contributed by atoms with E-state index in [4.69, 9.17) is 27.1 Å². The zero-order valence-corrected chi connectivity index (χ0v) is 18.5. The Hall–Kier alpha value is -0.730. The molecule has 0 amide bonds. The Morgan fingerprint density at radius 3 is 1.40 bits per heavy atom. The maximum absolute atomic E-state index is 11.3. The van der Waals surface area contributed by atoms with Gasteiger partial charge in [0.1, 0.15) is 0 Å². The minimum absolute atomic E-state index is 0. The molecule has 14 nitrogen and oxygen atoms in total. The van der Waals surface area contributed by atoms with E-state index in [9.17, 15) is 14.4 Å². The second-order valence-corrected chi connectivity index (χ2v) is 6.20. The molecule has 0 radical (unpaired) electrons. The molecule has 0 spiro atoms. The van der Waals surface area contributed by atoms with E-state index in [-0.39, 0.29) is 42.3 Å². The van der Waals surface area contributed by atoms with Crippen LogP contribution in [-0.4, -0.2) is 75.7 Å². The fourth-order valence-corrected chi connectivity index (χ4v) is 2.35. The first kappa shape index (κ1) is 39.7. The lowest BCUT2D eigenvalue weighted by molar-refractivity contribution is -0.131. The number of hydroxylamine groups is 3. The van der Waals surface area contributed by atoms with Crippen molar-refractivity contribution in [3.63, 3.8) is 0 Å². The number of nitrogens with one attached hydrogen (secondary N) is 3. The van der Waals surface area contributed by atoms with Crippen LogP contribution in [0.4, 0.5) is 0 Å². The van der Waals surface area contributed by atoms with Crippen molar-refractivity contribution in [2.24, 2.45) is 11.5 Å². The monoisotopic (exact) mass is 477 g/mol. The highest BCUT2D eigenvalue weighted by molar-refractivity contribution is 7.80. The maximum atomic E-state index is 11.3. The highest BCUT2D eigenvalue weighted by atomic mass is 32.1. The van der Waals surface area contributed by atoms with E-state index in [1.165, 1.54) is 0 Å². The zero-order valence-electron chi connectivity index (χ0n) is 16.7. The summed E-state index contributed by atoms with van der Waals surface area (Å²) >= 11 is 7.64. The van der Waals surface area contributed by atoms with Gasteiger partial charge in [-0.05, 0) is 19.4 Å². The number of hydrogen-bond acceptors (Lipinski definition) is 13. The highest BCUT2D eigenvalue weighted by Crippen LogP contribution is 2.01. The second kappa shape index (κ2) is 26.3. The van der Waals surface area contributed by atoms with E-state index < -0.39 is 36.1 Å². The van der Waals surface area contributed by atoms with Gasteiger partial charge in [-0.3, -0.25) is 14.4 Å². The average Bonchev–Trinajstić information content (AvgIpc) is 2.67.